The highest BCUT2D eigenvalue weighted by Gasteiger charge is 2.33. The van der Waals surface area contributed by atoms with Gasteiger partial charge in [-0.2, -0.15) is 0 Å². The van der Waals surface area contributed by atoms with Crippen molar-refractivity contribution in [2.45, 2.75) is 12.8 Å². The molecule has 0 N–H and O–H groups in total. The first-order chi connectivity index (χ1) is 8.08. The van der Waals surface area contributed by atoms with Gasteiger partial charge in [0.25, 0.3) is 11.8 Å². The van der Waals surface area contributed by atoms with Crippen LogP contribution in [0.4, 0.5) is 4.39 Å². The smallest absolute Gasteiger partial charge is 0.323 e. The molecule has 0 radical (unpaired) electrons. The fraction of sp³-hybridized carbons (Fsp3) is 0.200. The van der Waals surface area contributed by atoms with E-state index in [0.717, 1.165) is 18.3 Å². The van der Waals surface area contributed by atoms with Gasteiger partial charge in [0.15, 0.2) is 5.69 Å². The van der Waals surface area contributed by atoms with E-state index in [1.165, 1.54) is 0 Å². The summed E-state index contributed by atoms with van der Waals surface area (Å²) in [6, 6.07) is 2.12. The van der Waals surface area contributed by atoms with Gasteiger partial charge in [-0.3, -0.25) is 9.59 Å². The van der Waals surface area contributed by atoms with Gasteiger partial charge >= 0.3 is 5.97 Å². The van der Waals surface area contributed by atoms with E-state index in [4.69, 9.17) is 0 Å². The Bertz CT molecular complexity index is 470. The highest BCUT2D eigenvalue weighted by Crippen LogP contribution is 2.13. The van der Waals surface area contributed by atoms with E-state index in [0.29, 0.717) is 5.06 Å². The standard InChI is InChI=1S/C10H7FN2O4/c11-6-1-2-7(12-5-6)10(16)17-13-8(14)3-4-9(13)15/h1-2,5H,3-4H2. The van der Waals surface area contributed by atoms with Crippen molar-refractivity contribution in [2.24, 2.45) is 0 Å². The van der Waals surface area contributed by atoms with Crippen LogP contribution in [0.3, 0.4) is 0 Å². The first-order valence-corrected chi connectivity index (χ1v) is 4.77. The van der Waals surface area contributed by atoms with Crippen LogP contribution in [0.15, 0.2) is 18.3 Å². The third-order valence-corrected chi connectivity index (χ3v) is 2.12. The number of amides is 2. The fourth-order valence-corrected chi connectivity index (χ4v) is 1.28. The van der Waals surface area contributed by atoms with Crippen molar-refractivity contribution in [2.75, 3.05) is 0 Å². The molecular weight excluding hydrogens is 231 g/mol. The molecule has 0 atom stereocenters. The van der Waals surface area contributed by atoms with Gasteiger partial charge in [0.05, 0.1) is 6.20 Å². The van der Waals surface area contributed by atoms with Gasteiger partial charge in [-0.1, -0.05) is 0 Å². The Morgan fingerprint density at radius 2 is 1.94 bits per heavy atom. The van der Waals surface area contributed by atoms with Gasteiger partial charge < -0.3 is 4.84 Å². The molecule has 0 bridgehead atoms. The molecule has 6 nitrogen and oxygen atoms in total. The van der Waals surface area contributed by atoms with Gasteiger partial charge in [-0.15, -0.1) is 5.06 Å². The average Bonchev–Trinajstić information content (AvgIpc) is 2.61. The summed E-state index contributed by atoms with van der Waals surface area (Å²) in [7, 11) is 0. The van der Waals surface area contributed by atoms with Gasteiger partial charge in [0.2, 0.25) is 0 Å². The van der Waals surface area contributed by atoms with E-state index in [1.54, 1.807) is 0 Å². The number of hydrogen-bond donors (Lipinski definition) is 0. The molecule has 1 saturated heterocycles. The number of nitrogens with zero attached hydrogens (tertiary/aromatic N) is 2. The lowest BCUT2D eigenvalue weighted by Gasteiger charge is -2.11. The van der Waals surface area contributed by atoms with Crippen LogP contribution >= 0.6 is 0 Å². The number of carbonyl (C=O) groups excluding carboxylic acids is 3. The largest absolute Gasteiger partial charge is 0.382 e. The Kier molecular flexibility index (Phi) is 2.82. The highest BCUT2D eigenvalue weighted by atomic mass is 19.1. The zero-order valence-electron chi connectivity index (χ0n) is 8.55. The SMILES string of the molecule is O=C(ON1C(=O)CCC1=O)c1ccc(F)cn1. The summed E-state index contributed by atoms with van der Waals surface area (Å²) in [5.41, 5.74) is -0.182. The maximum absolute atomic E-state index is 12.5. The summed E-state index contributed by atoms with van der Waals surface area (Å²) in [5.74, 6) is -2.74. The van der Waals surface area contributed by atoms with Crippen molar-refractivity contribution in [3.05, 3.63) is 29.8 Å². The molecule has 0 saturated carbocycles. The van der Waals surface area contributed by atoms with E-state index in [2.05, 4.69) is 9.82 Å². The van der Waals surface area contributed by atoms with Gasteiger partial charge in [-0.05, 0) is 12.1 Å². The van der Waals surface area contributed by atoms with Crippen molar-refractivity contribution in [3.8, 4) is 0 Å². The number of hydrogen-bond acceptors (Lipinski definition) is 5. The quantitative estimate of drug-likeness (QED) is 0.699. The Hall–Kier alpha value is -2.31. The molecule has 1 aromatic rings. The summed E-state index contributed by atoms with van der Waals surface area (Å²) < 4.78 is 12.5. The summed E-state index contributed by atoms with van der Waals surface area (Å²) in [4.78, 5) is 41.8. The second-order valence-electron chi connectivity index (χ2n) is 3.32. The van der Waals surface area contributed by atoms with Crippen molar-refractivity contribution in [3.63, 3.8) is 0 Å². The van der Waals surface area contributed by atoms with Crippen molar-refractivity contribution < 1.29 is 23.6 Å². The monoisotopic (exact) mass is 238 g/mol. The minimum Gasteiger partial charge on any atom is -0.323 e. The van der Waals surface area contributed by atoms with Crippen LogP contribution in [0, 0.1) is 5.82 Å². The first kappa shape index (κ1) is 11.2. The topological polar surface area (TPSA) is 76.6 Å². The average molecular weight is 238 g/mol. The van der Waals surface area contributed by atoms with Crippen LogP contribution < -0.4 is 0 Å². The van der Waals surface area contributed by atoms with Gasteiger partial charge in [-0.25, -0.2) is 14.2 Å². The van der Waals surface area contributed by atoms with E-state index in [1.807, 2.05) is 0 Å². The molecule has 17 heavy (non-hydrogen) atoms. The van der Waals surface area contributed by atoms with Crippen LogP contribution in [0.1, 0.15) is 23.3 Å². The molecular formula is C10H7FN2O4. The Morgan fingerprint density at radius 3 is 2.47 bits per heavy atom. The molecule has 0 spiro atoms. The summed E-state index contributed by atoms with van der Waals surface area (Å²) in [6.07, 6.45) is 0.871. The first-order valence-electron chi connectivity index (χ1n) is 4.77. The number of carbonyl (C=O) groups is 3. The van der Waals surface area contributed by atoms with Crippen LogP contribution in [0.25, 0.3) is 0 Å². The zero-order valence-corrected chi connectivity index (χ0v) is 8.55. The van der Waals surface area contributed by atoms with E-state index in [-0.39, 0.29) is 18.5 Å². The van der Waals surface area contributed by atoms with Crippen LogP contribution in [-0.4, -0.2) is 27.8 Å². The lowest BCUT2D eigenvalue weighted by atomic mass is 10.3. The molecule has 1 aliphatic rings. The Morgan fingerprint density at radius 1 is 1.29 bits per heavy atom. The fourth-order valence-electron chi connectivity index (χ4n) is 1.28. The predicted molar refractivity (Wildman–Crippen MR) is 50.7 cm³/mol. The third kappa shape index (κ3) is 2.27. The number of pyridine rings is 1. The molecule has 88 valence electrons. The van der Waals surface area contributed by atoms with Crippen molar-refractivity contribution in [1.29, 1.82) is 0 Å². The third-order valence-electron chi connectivity index (χ3n) is 2.12. The zero-order chi connectivity index (χ0) is 12.4. The lowest BCUT2D eigenvalue weighted by Crippen LogP contribution is -2.32. The maximum atomic E-state index is 12.5. The maximum Gasteiger partial charge on any atom is 0.382 e. The number of imide groups is 1. The number of aromatic nitrogens is 1. The Labute approximate surface area is 94.9 Å². The molecule has 1 fully saturated rings. The summed E-state index contributed by atoms with van der Waals surface area (Å²) >= 11 is 0. The molecule has 2 heterocycles. The summed E-state index contributed by atoms with van der Waals surface area (Å²) in [6.45, 7) is 0. The van der Waals surface area contributed by atoms with Crippen LogP contribution in [0.2, 0.25) is 0 Å². The molecule has 2 amide bonds. The molecule has 0 unspecified atom stereocenters. The number of rotatable bonds is 2. The van der Waals surface area contributed by atoms with Crippen molar-refractivity contribution >= 4 is 17.8 Å². The normalized spacial score (nSPS) is 15.2. The number of hydroxylamine groups is 2. The molecule has 1 aromatic heterocycles. The highest BCUT2D eigenvalue weighted by molar-refractivity contribution is 6.02. The molecule has 1 aliphatic heterocycles. The minimum atomic E-state index is -0.978. The summed E-state index contributed by atoms with van der Waals surface area (Å²) in [5, 5.41) is 0.410. The number of halogens is 1. The predicted octanol–water partition coefficient (Wildman–Crippen LogP) is 0.441. The van der Waals surface area contributed by atoms with Crippen molar-refractivity contribution in [1.82, 2.24) is 10.0 Å². The Balaban J connectivity index is 2.09. The lowest BCUT2D eigenvalue weighted by molar-refractivity contribution is -0.172. The van der Waals surface area contributed by atoms with E-state index < -0.39 is 23.6 Å². The van der Waals surface area contributed by atoms with E-state index >= 15 is 0 Å². The minimum absolute atomic E-state index is 0.0168. The van der Waals surface area contributed by atoms with Crippen LogP contribution in [0.5, 0.6) is 0 Å². The van der Waals surface area contributed by atoms with E-state index in [9.17, 15) is 18.8 Å². The molecule has 7 heteroatoms. The molecule has 0 aromatic carbocycles. The van der Waals surface area contributed by atoms with Crippen LogP contribution in [-0.2, 0) is 14.4 Å². The second-order valence-corrected chi connectivity index (χ2v) is 3.32. The van der Waals surface area contributed by atoms with Gasteiger partial charge in [0.1, 0.15) is 5.82 Å². The molecule has 0 aliphatic carbocycles. The van der Waals surface area contributed by atoms with Gasteiger partial charge in [0, 0.05) is 12.8 Å². The molecule has 2 rings (SSSR count). The second kappa shape index (κ2) is 4.28.